The van der Waals surface area contributed by atoms with Gasteiger partial charge in [0.05, 0.1) is 56.7 Å². The largest absolute Gasteiger partial charge is 0.420 e. The normalized spacial score (nSPS) is 11.6. The molecule has 0 bridgehead atoms. The first kappa shape index (κ1) is 42.0. The highest BCUT2D eigenvalue weighted by molar-refractivity contribution is 6.13. The molecule has 0 spiro atoms. The molecule has 0 atom stereocenters. The molecule has 10 aromatic carbocycles. The van der Waals surface area contributed by atoms with E-state index < -0.39 is 11.7 Å². The third-order valence-electron chi connectivity index (χ3n) is 13.3. The fourth-order valence-electron chi connectivity index (χ4n) is 10.2. The van der Waals surface area contributed by atoms with Gasteiger partial charge in [-0.05, 0) is 134 Å². The average molecular weight is 907 g/mol. The molecular weight excluding hydrogens is 870 g/mol. The van der Waals surface area contributed by atoms with Crippen molar-refractivity contribution >= 4 is 43.6 Å². The van der Waals surface area contributed by atoms with Crippen molar-refractivity contribution in [2.45, 2.75) is 6.18 Å². The topological polar surface area (TPSA) is 57.4 Å². The zero-order valence-electron chi connectivity index (χ0n) is 37.3. The van der Waals surface area contributed by atoms with Gasteiger partial charge in [0.15, 0.2) is 0 Å². The van der Waals surface area contributed by atoms with Crippen LogP contribution in [0.3, 0.4) is 0 Å². The molecule has 0 aliphatic carbocycles. The lowest BCUT2D eigenvalue weighted by atomic mass is 9.96. The molecule has 2 aromatic heterocycles. The maximum absolute atomic E-state index is 16.9. The van der Waals surface area contributed by atoms with E-state index in [1.54, 1.807) is 33.4 Å². The molecule has 7 heteroatoms. The summed E-state index contributed by atoms with van der Waals surface area (Å²) in [6, 6.07) is 75.7. The molecule has 12 aromatic rings. The van der Waals surface area contributed by atoms with Gasteiger partial charge in [-0.2, -0.15) is 23.7 Å². The highest BCUT2D eigenvalue weighted by Gasteiger charge is 2.40. The highest BCUT2D eigenvalue weighted by atomic mass is 19.4. The summed E-state index contributed by atoms with van der Waals surface area (Å²) in [5.74, 6) is 0. The van der Waals surface area contributed by atoms with Crippen molar-refractivity contribution in [2.75, 3.05) is 0 Å². The van der Waals surface area contributed by atoms with Gasteiger partial charge < -0.3 is 9.13 Å². The van der Waals surface area contributed by atoms with E-state index in [9.17, 15) is 10.5 Å². The molecule has 0 N–H and O–H groups in total. The van der Waals surface area contributed by atoms with Crippen LogP contribution in [0.1, 0.15) is 16.7 Å². The zero-order chi connectivity index (χ0) is 47.5. The molecule has 70 heavy (non-hydrogen) atoms. The Hall–Kier alpha value is -9.43. The van der Waals surface area contributed by atoms with Crippen LogP contribution in [0.2, 0.25) is 0 Å². The fraction of sp³-hybridized carbons (Fsp3) is 0.0159. The molecular formula is C63H37F3N4. The van der Waals surface area contributed by atoms with E-state index in [-0.39, 0.29) is 22.5 Å². The van der Waals surface area contributed by atoms with E-state index in [2.05, 4.69) is 36.4 Å². The van der Waals surface area contributed by atoms with E-state index in [1.165, 1.54) is 6.07 Å². The van der Waals surface area contributed by atoms with E-state index in [1.807, 2.05) is 170 Å². The van der Waals surface area contributed by atoms with E-state index in [0.29, 0.717) is 33.2 Å². The number of hydrogen-bond acceptors (Lipinski definition) is 2. The first-order valence-electron chi connectivity index (χ1n) is 22.8. The van der Waals surface area contributed by atoms with Gasteiger partial charge >= 0.3 is 6.18 Å². The number of aromatic nitrogens is 2. The molecule has 4 nitrogen and oxygen atoms in total. The minimum Gasteiger partial charge on any atom is -0.309 e. The van der Waals surface area contributed by atoms with Gasteiger partial charge in [-0.15, -0.1) is 0 Å². The van der Waals surface area contributed by atoms with Gasteiger partial charge in [0.1, 0.15) is 5.56 Å². The van der Waals surface area contributed by atoms with Crippen molar-refractivity contribution < 1.29 is 13.2 Å². The summed E-state index contributed by atoms with van der Waals surface area (Å²) < 4.78 is 54.1. The molecule has 12 rings (SSSR count). The second kappa shape index (κ2) is 16.7. The molecule has 0 saturated carbocycles. The second-order valence-electron chi connectivity index (χ2n) is 17.5. The summed E-state index contributed by atoms with van der Waals surface area (Å²) in [6.45, 7) is 0. The average Bonchev–Trinajstić information content (AvgIpc) is 3.92. The van der Waals surface area contributed by atoms with Crippen LogP contribution in [0.5, 0.6) is 0 Å². The summed E-state index contributed by atoms with van der Waals surface area (Å²) in [5.41, 5.74) is 10.2. The second-order valence-corrected chi connectivity index (χ2v) is 17.5. The van der Waals surface area contributed by atoms with Crippen LogP contribution in [0, 0.1) is 22.7 Å². The molecule has 0 saturated heterocycles. The summed E-state index contributed by atoms with van der Waals surface area (Å²) in [4.78, 5) is 0. The Balaban J connectivity index is 1.23. The zero-order valence-corrected chi connectivity index (χ0v) is 37.3. The number of hydrogen-bond donors (Lipinski definition) is 0. The fourth-order valence-corrected chi connectivity index (χ4v) is 10.2. The Bertz CT molecular complexity index is 3650. The number of halogens is 3. The summed E-state index contributed by atoms with van der Waals surface area (Å²) in [7, 11) is 0. The summed E-state index contributed by atoms with van der Waals surface area (Å²) in [5, 5.41) is 23.5. The lowest BCUT2D eigenvalue weighted by Crippen LogP contribution is -2.16. The standard InChI is InChI=1S/C63H37F3N4/c64-63(65,66)62-60(69-56-25-21-46(42-13-5-1-6-14-42)32-52(56)53-33-47(22-26-57(53)69)43-15-7-2-8-16-43)36-51(50-30-40(38-67)29-41(31-50)39-68)37-61(62)70-58-27-23-48(44-17-9-3-10-18-44)34-54(58)55-35-49(24-28-59(55)70)45-19-11-4-12-20-45/h1-37H. The van der Waals surface area contributed by atoms with Crippen LogP contribution in [0.25, 0.3) is 111 Å². The van der Waals surface area contributed by atoms with E-state index in [4.69, 9.17) is 0 Å². The summed E-state index contributed by atoms with van der Waals surface area (Å²) >= 11 is 0. The number of nitriles is 2. The van der Waals surface area contributed by atoms with E-state index in [0.717, 1.165) is 66.1 Å². The van der Waals surface area contributed by atoms with Crippen LogP contribution in [0.4, 0.5) is 13.2 Å². The molecule has 0 fully saturated rings. The third-order valence-corrected chi connectivity index (χ3v) is 13.3. The Morgan fingerprint density at radius 2 is 0.586 bits per heavy atom. The van der Waals surface area contributed by atoms with Gasteiger partial charge in [0.2, 0.25) is 0 Å². The first-order chi connectivity index (χ1) is 34.2. The molecule has 0 aliphatic rings. The van der Waals surface area contributed by atoms with Crippen molar-refractivity contribution in [2.24, 2.45) is 0 Å². The highest BCUT2D eigenvalue weighted by Crippen LogP contribution is 2.48. The van der Waals surface area contributed by atoms with Crippen LogP contribution in [-0.4, -0.2) is 9.13 Å². The minimum atomic E-state index is -4.90. The van der Waals surface area contributed by atoms with E-state index >= 15 is 13.2 Å². The Labute approximate surface area is 401 Å². The predicted molar refractivity (Wildman–Crippen MR) is 277 cm³/mol. The number of fused-ring (bicyclic) bond motifs is 6. The van der Waals surface area contributed by atoms with Gasteiger partial charge in [0, 0.05) is 21.5 Å². The minimum absolute atomic E-state index is 0.0994. The molecule has 0 radical (unpaired) electrons. The Kier molecular flexibility index (Phi) is 10.0. The van der Waals surface area contributed by atoms with Crippen molar-refractivity contribution in [1.29, 1.82) is 10.5 Å². The first-order valence-corrected chi connectivity index (χ1v) is 22.8. The molecule has 0 unspecified atom stereocenters. The quantitative estimate of drug-likeness (QED) is 0.160. The molecule has 0 aliphatic heterocycles. The van der Waals surface area contributed by atoms with Crippen LogP contribution < -0.4 is 0 Å². The predicted octanol–water partition coefficient (Wildman–Crippen LogP) is 17.0. The lowest BCUT2D eigenvalue weighted by molar-refractivity contribution is -0.137. The monoisotopic (exact) mass is 906 g/mol. The number of benzene rings is 10. The van der Waals surface area contributed by atoms with Gasteiger partial charge in [-0.1, -0.05) is 146 Å². The molecule has 330 valence electrons. The van der Waals surface area contributed by atoms with Crippen molar-refractivity contribution in [1.82, 2.24) is 9.13 Å². The maximum atomic E-state index is 16.9. The number of rotatable bonds is 7. The Morgan fingerprint density at radius 3 is 0.857 bits per heavy atom. The maximum Gasteiger partial charge on any atom is 0.420 e. The van der Waals surface area contributed by atoms with Crippen LogP contribution in [-0.2, 0) is 6.18 Å². The van der Waals surface area contributed by atoms with Crippen molar-refractivity contribution in [3.05, 3.63) is 241 Å². The number of nitrogens with zero attached hydrogens (tertiary/aromatic N) is 4. The Morgan fingerprint density at radius 1 is 0.300 bits per heavy atom. The van der Waals surface area contributed by atoms with Crippen molar-refractivity contribution in [3.8, 4) is 79.1 Å². The van der Waals surface area contributed by atoms with Crippen LogP contribution in [0.15, 0.2) is 224 Å². The number of alkyl halides is 3. The molecule has 0 amide bonds. The lowest BCUT2D eigenvalue weighted by Gasteiger charge is -2.23. The van der Waals surface area contributed by atoms with Crippen molar-refractivity contribution in [3.63, 3.8) is 0 Å². The van der Waals surface area contributed by atoms with Gasteiger partial charge in [0.25, 0.3) is 0 Å². The third kappa shape index (κ3) is 7.17. The SMILES string of the molecule is N#Cc1cc(C#N)cc(-c2cc(-n3c4ccc(-c5ccccc5)cc4c4cc(-c5ccccc5)ccc43)c(C(F)(F)F)c(-n3c4ccc(-c5ccccc5)cc4c4cc(-c5ccccc5)ccc43)c2)c1. The van der Waals surface area contributed by atoms with Gasteiger partial charge in [-0.25, -0.2) is 0 Å². The van der Waals surface area contributed by atoms with Gasteiger partial charge in [-0.3, -0.25) is 0 Å². The molecule has 2 heterocycles. The van der Waals surface area contributed by atoms with Crippen LogP contribution >= 0.6 is 0 Å². The smallest absolute Gasteiger partial charge is 0.309 e. The summed E-state index contributed by atoms with van der Waals surface area (Å²) in [6.07, 6.45) is -4.90.